The van der Waals surface area contributed by atoms with Crippen LogP contribution in [0, 0.1) is 0 Å². The molecule has 1 aromatic carbocycles. The van der Waals surface area contributed by atoms with Crippen molar-refractivity contribution in [2.75, 3.05) is 14.2 Å². The molecule has 0 bridgehead atoms. The van der Waals surface area contributed by atoms with E-state index in [1.165, 1.54) is 7.11 Å². The molecule has 0 saturated carbocycles. The van der Waals surface area contributed by atoms with Crippen molar-refractivity contribution in [3.05, 3.63) is 48.0 Å². The third-order valence-electron chi connectivity index (χ3n) is 3.18. The molecule has 0 saturated heterocycles. The fourth-order valence-corrected chi connectivity index (χ4v) is 1.98. The number of carbonyl (C=O) groups excluding carboxylic acids is 1. The smallest absolute Gasteiger partial charge is 0.323 e. The predicted molar refractivity (Wildman–Crippen MR) is 77.9 cm³/mol. The lowest BCUT2D eigenvalue weighted by Gasteiger charge is -2.16. The fraction of sp³-hybridized carbons (Fsp3) is 0.333. The van der Waals surface area contributed by atoms with Crippen molar-refractivity contribution >= 4 is 5.97 Å². The van der Waals surface area contributed by atoms with E-state index in [2.05, 4.69) is 15.3 Å². The number of hydrogen-bond acceptors (Lipinski definition) is 5. The molecule has 112 valence electrons. The Balaban J connectivity index is 1.96. The van der Waals surface area contributed by atoms with Crippen LogP contribution < -0.4 is 10.1 Å². The van der Waals surface area contributed by atoms with Gasteiger partial charge in [-0.2, -0.15) is 0 Å². The highest BCUT2D eigenvalue weighted by atomic mass is 16.5. The van der Waals surface area contributed by atoms with E-state index < -0.39 is 6.04 Å². The van der Waals surface area contributed by atoms with E-state index in [-0.39, 0.29) is 5.97 Å². The molecule has 21 heavy (non-hydrogen) atoms. The molecule has 0 unspecified atom stereocenters. The molecular formula is C15H19N3O3. The monoisotopic (exact) mass is 289 g/mol. The van der Waals surface area contributed by atoms with Crippen LogP contribution in [0.3, 0.4) is 0 Å². The van der Waals surface area contributed by atoms with E-state index >= 15 is 0 Å². The second-order valence-corrected chi connectivity index (χ2v) is 4.59. The Kier molecular flexibility index (Phi) is 5.34. The van der Waals surface area contributed by atoms with Crippen LogP contribution in [0.15, 0.2) is 36.8 Å². The van der Waals surface area contributed by atoms with Gasteiger partial charge in [0.1, 0.15) is 11.8 Å². The Morgan fingerprint density at radius 1 is 1.33 bits per heavy atom. The number of hydrogen-bond donors (Lipinski definition) is 2. The summed E-state index contributed by atoms with van der Waals surface area (Å²) in [6.45, 7) is 0.567. The molecule has 0 aliphatic rings. The maximum absolute atomic E-state index is 11.8. The molecule has 1 heterocycles. The van der Waals surface area contributed by atoms with Crippen molar-refractivity contribution in [2.24, 2.45) is 0 Å². The molecule has 2 N–H and O–H groups in total. The lowest BCUT2D eigenvalue weighted by atomic mass is 10.1. The summed E-state index contributed by atoms with van der Waals surface area (Å²) in [6.07, 6.45) is 3.79. The fourth-order valence-electron chi connectivity index (χ4n) is 1.98. The van der Waals surface area contributed by atoms with Crippen LogP contribution in [0.4, 0.5) is 0 Å². The van der Waals surface area contributed by atoms with Gasteiger partial charge in [0.15, 0.2) is 0 Å². The zero-order chi connectivity index (χ0) is 15.1. The highest BCUT2D eigenvalue weighted by Crippen LogP contribution is 2.11. The molecule has 0 spiro atoms. The van der Waals surface area contributed by atoms with Gasteiger partial charge in [0.25, 0.3) is 0 Å². The summed E-state index contributed by atoms with van der Waals surface area (Å²) in [5, 5.41) is 3.20. The van der Waals surface area contributed by atoms with Crippen LogP contribution in [0.1, 0.15) is 11.3 Å². The number of H-pyrrole nitrogens is 1. The summed E-state index contributed by atoms with van der Waals surface area (Å²) in [5.74, 6) is 0.513. The van der Waals surface area contributed by atoms with Crippen LogP contribution in [0.5, 0.6) is 5.75 Å². The number of benzene rings is 1. The maximum atomic E-state index is 11.8. The number of aromatic amines is 1. The molecule has 0 aliphatic heterocycles. The highest BCUT2D eigenvalue weighted by molar-refractivity contribution is 5.75. The molecular weight excluding hydrogens is 270 g/mol. The highest BCUT2D eigenvalue weighted by Gasteiger charge is 2.19. The molecule has 0 fully saturated rings. The molecule has 6 nitrogen and oxygen atoms in total. The number of methoxy groups -OCH3 is 2. The topological polar surface area (TPSA) is 76.2 Å². The molecule has 1 aromatic heterocycles. The summed E-state index contributed by atoms with van der Waals surface area (Å²) in [6, 6.07) is 7.27. The number of rotatable bonds is 7. The summed E-state index contributed by atoms with van der Waals surface area (Å²) >= 11 is 0. The number of ether oxygens (including phenoxy) is 2. The first-order chi connectivity index (χ1) is 10.2. The van der Waals surface area contributed by atoms with Gasteiger partial charge in [-0.15, -0.1) is 0 Å². The van der Waals surface area contributed by atoms with Crippen molar-refractivity contribution in [3.63, 3.8) is 0 Å². The number of imidazole rings is 1. The van der Waals surface area contributed by atoms with Crippen LogP contribution >= 0.6 is 0 Å². The van der Waals surface area contributed by atoms with Gasteiger partial charge >= 0.3 is 5.97 Å². The second kappa shape index (κ2) is 7.44. The van der Waals surface area contributed by atoms with Crippen LogP contribution in [0.2, 0.25) is 0 Å². The molecule has 2 aromatic rings. The lowest BCUT2D eigenvalue weighted by molar-refractivity contribution is -0.143. The SMILES string of the molecule is COC(=O)[C@H](Cc1cnc[nH]1)NCc1ccc(OC)cc1. The zero-order valence-electron chi connectivity index (χ0n) is 12.1. The molecule has 1 atom stereocenters. The predicted octanol–water partition coefficient (Wildman–Crippen LogP) is 1.29. The first kappa shape index (κ1) is 15.1. The van der Waals surface area contributed by atoms with Gasteiger partial charge in [-0.05, 0) is 17.7 Å². The van der Waals surface area contributed by atoms with E-state index in [1.54, 1.807) is 19.6 Å². The second-order valence-electron chi connectivity index (χ2n) is 4.59. The number of nitrogens with zero attached hydrogens (tertiary/aromatic N) is 1. The number of esters is 1. The van der Waals surface area contributed by atoms with E-state index in [4.69, 9.17) is 9.47 Å². The summed E-state index contributed by atoms with van der Waals surface area (Å²) < 4.78 is 9.95. The van der Waals surface area contributed by atoms with Gasteiger partial charge < -0.3 is 14.5 Å². The molecule has 0 amide bonds. The van der Waals surface area contributed by atoms with Crippen molar-refractivity contribution in [1.82, 2.24) is 15.3 Å². The van der Waals surface area contributed by atoms with Crippen LogP contribution in [0.25, 0.3) is 0 Å². The largest absolute Gasteiger partial charge is 0.497 e. The normalized spacial score (nSPS) is 11.9. The Labute approximate surface area is 123 Å². The van der Waals surface area contributed by atoms with Crippen molar-refractivity contribution in [3.8, 4) is 5.75 Å². The van der Waals surface area contributed by atoms with E-state index in [0.29, 0.717) is 13.0 Å². The average molecular weight is 289 g/mol. The summed E-state index contributed by atoms with van der Waals surface area (Å²) in [5.41, 5.74) is 1.95. The summed E-state index contributed by atoms with van der Waals surface area (Å²) in [7, 11) is 3.02. The van der Waals surface area contributed by atoms with E-state index in [0.717, 1.165) is 17.0 Å². The minimum absolute atomic E-state index is 0.293. The lowest BCUT2D eigenvalue weighted by Crippen LogP contribution is -2.39. The third kappa shape index (κ3) is 4.32. The van der Waals surface area contributed by atoms with Crippen LogP contribution in [-0.2, 0) is 22.5 Å². The maximum Gasteiger partial charge on any atom is 0.323 e. The van der Waals surface area contributed by atoms with Gasteiger partial charge in [0.05, 0.1) is 20.5 Å². The molecule has 6 heteroatoms. The van der Waals surface area contributed by atoms with Gasteiger partial charge in [0.2, 0.25) is 0 Å². The Hall–Kier alpha value is -2.34. The average Bonchev–Trinajstić information content (AvgIpc) is 3.04. The molecule has 0 aliphatic carbocycles. The summed E-state index contributed by atoms with van der Waals surface area (Å²) in [4.78, 5) is 18.8. The Bertz CT molecular complexity index is 552. The molecule has 0 radical (unpaired) electrons. The molecule has 2 rings (SSSR count). The standard InChI is InChI=1S/C15H19N3O3/c1-20-13-5-3-11(4-6-13)8-17-14(15(19)21-2)7-12-9-16-10-18-12/h3-6,9-10,14,17H,7-8H2,1-2H3,(H,16,18)/t14-/m0/s1. The first-order valence-corrected chi connectivity index (χ1v) is 6.64. The van der Waals surface area contributed by atoms with Crippen molar-refractivity contribution in [1.29, 1.82) is 0 Å². The van der Waals surface area contributed by atoms with Crippen LogP contribution in [-0.4, -0.2) is 36.2 Å². The van der Waals surface area contributed by atoms with E-state index in [9.17, 15) is 4.79 Å². The Morgan fingerprint density at radius 3 is 2.67 bits per heavy atom. The van der Waals surface area contributed by atoms with Gasteiger partial charge in [0, 0.05) is 24.9 Å². The van der Waals surface area contributed by atoms with Crippen molar-refractivity contribution < 1.29 is 14.3 Å². The van der Waals surface area contributed by atoms with Gasteiger partial charge in [-0.1, -0.05) is 12.1 Å². The number of nitrogens with one attached hydrogen (secondary N) is 2. The minimum Gasteiger partial charge on any atom is -0.497 e. The van der Waals surface area contributed by atoms with E-state index in [1.807, 2.05) is 24.3 Å². The Morgan fingerprint density at radius 2 is 2.10 bits per heavy atom. The number of carbonyl (C=O) groups is 1. The van der Waals surface area contributed by atoms with Gasteiger partial charge in [-0.3, -0.25) is 10.1 Å². The number of aromatic nitrogens is 2. The first-order valence-electron chi connectivity index (χ1n) is 6.64. The quantitative estimate of drug-likeness (QED) is 0.751. The minimum atomic E-state index is -0.419. The van der Waals surface area contributed by atoms with Gasteiger partial charge in [-0.25, -0.2) is 4.98 Å². The van der Waals surface area contributed by atoms with Crippen molar-refractivity contribution in [2.45, 2.75) is 19.0 Å². The zero-order valence-corrected chi connectivity index (χ0v) is 12.1. The third-order valence-corrected chi connectivity index (χ3v) is 3.18.